The van der Waals surface area contributed by atoms with Crippen LogP contribution in [0.5, 0.6) is 0 Å². The van der Waals surface area contributed by atoms with Gasteiger partial charge in [-0.3, -0.25) is 37.3 Å². The first-order chi connectivity index (χ1) is 48.6. The summed E-state index contributed by atoms with van der Waals surface area (Å²) in [6.45, 7) is 7.31. The molecule has 0 amide bonds. The number of aliphatic hydroxyl groups is 1. The van der Waals surface area contributed by atoms with Gasteiger partial charge in [0.1, 0.15) is 19.3 Å². The molecule has 19 heteroatoms. The fraction of sp³-hybridized carbons (Fsp3) is 0.951. The molecule has 0 saturated carbocycles. The second kappa shape index (κ2) is 73.9. The Kier molecular flexibility index (Phi) is 72.5. The summed E-state index contributed by atoms with van der Waals surface area (Å²) in [4.78, 5) is 72.9. The number of phosphoric ester groups is 2. The van der Waals surface area contributed by atoms with Crippen LogP contribution in [0.15, 0.2) is 0 Å². The number of unbranched alkanes of at least 4 members (excludes halogenated alkanes) is 52. The lowest BCUT2D eigenvalue weighted by Gasteiger charge is -2.21. The molecule has 0 spiro atoms. The van der Waals surface area contributed by atoms with Crippen molar-refractivity contribution in [3.8, 4) is 0 Å². The van der Waals surface area contributed by atoms with Crippen LogP contribution in [0.4, 0.5) is 0 Å². The summed E-state index contributed by atoms with van der Waals surface area (Å²) in [7, 11) is -9.91. The van der Waals surface area contributed by atoms with Crippen molar-refractivity contribution >= 4 is 39.5 Å². The molecule has 0 aliphatic rings. The number of phosphoric acid groups is 2. The molecule has 594 valence electrons. The third-order valence-electron chi connectivity index (χ3n) is 19.4. The van der Waals surface area contributed by atoms with Gasteiger partial charge in [-0.15, -0.1) is 0 Å². The first-order valence-corrected chi connectivity index (χ1v) is 45.2. The summed E-state index contributed by atoms with van der Waals surface area (Å²) < 4.78 is 68.6. The van der Waals surface area contributed by atoms with Crippen molar-refractivity contribution in [3.05, 3.63) is 0 Å². The first-order valence-electron chi connectivity index (χ1n) is 42.2. The molecule has 3 N–H and O–H groups in total. The lowest BCUT2D eigenvalue weighted by molar-refractivity contribution is -0.161. The average Bonchev–Trinajstić information content (AvgIpc) is 0.923. The summed E-state index contributed by atoms with van der Waals surface area (Å²) in [6, 6.07) is 0. The highest BCUT2D eigenvalue weighted by atomic mass is 31.2. The van der Waals surface area contributed by atoms with E-state index >= 15 is 0 Å². The monoisotopic (exact) mass is 1470 g/mol. The highest BCUT2D eigenvalue weighted by Gasteiger charge is 2.30. The summed E-state index contributed by atoms with van der Waals surface area (Å²) >= 11 is 0. The number of hydrogen-bond donors (Lipinski definition) is 3. The minimum absolute atomic E-state index is 0.106. The van der Waals surface area contributed by atoms with Gasteiger partial charge in [0.15, 0.2) is 12.2 Å². The van der Waals surface area contributed by atoms with E-state index in [9.17, 15) is 43.2 Å². The molecule has 0 heterocycles. The van der Waals surface area contributed by atoms with E-state index in [0.717, 1.165) is 109 Å². The fourth-order valence-corrected chi connectivity index (χ4v) is 14.1. The Morgan fingerprint density at radius 2 is 0.480 bits per heavy atom. The predicted molar refractivity (Wildman–Crippen MR) is 409 cm³/mol. The van der Waals surface area contributed by atoms with E-state index in [-0.39, 0.29) is 25.7 Å². The molecule has 0 fully saturated rings. The first kappa shape index (κ1) is 98.1. The predicted octanol–water partition coefficient (Wildman–Crippen LogP) is 24.4. The Morgan fingerprint density at radius 1 is 0.280 bits per heavy atom. The van der Waals surface area contributed by atoms with Crippen LogP contribution in [0.2, 0.25) is 0 Å². The van der Waals surface area contributed by atoms with Crippen LogP contribution in [-0.2, 0) is 65.4 Å². The van der Waals surface area contributed by atoms with Gasteiger partial charge in [0.25, 0.3) is 0 Å². The molecule has 0 aromatic carbocycles. The quantitative estimate of drug-likeness (QED) is 0.0222. The molecule has 0 saturated heterocycles. The average molecular weight is 1470 g/mol. The van der Waals surface area contributed by atoms with E-state index in [2.05, 4.69) is 34.6 Å². The van der Waals surface area contributed by atoms with Crippen LogP contribution in [0, 0.1) is 5.92 Å². The zero-order valence-corrected chi connectivity index (χ0v) is 67.1. The Morgan fingerprint density at radius 3 is 0.710 bits per heavy atom. The van der Waals surface area contributed by atoms with Crippen molar-refractivity contribution in [3.63, 3.8) is 0 Å². The molecular formula is C81H158O17P2. The van der Waals surface area contributed by atoms with Gasteiger partial charge in [-0.05, 0) is 31.6 Å². The lowest BCUT2D eigenvalue weighted by atomic mass is 9.99. The molecule has 100 heavy (non-hydrogen) atoms. The van der Waals surface area contributed by atoms with Gasteiger partial charge in [-0.2, -0.15) is 0 Å². The number of ether oxygens (including phenoxy) is 4. The number of aliphatic hydroxyl groups excluding tert-OH is 1. The molecule has 0 aliphatic heterocycles. The van der Waals surface area contributed by atoms with Crippen LogP contribution in [0.3, 0.4) is 0 Å². The Labute approximate surface area is 613 Å². The van der Waals surface area contributed by atoms with Crippen molar-refractivity contribution in [1.29, 1.82) is 0 Å². The van der Waals surface area contributed by atoms with Crippen LogP contribution < -0.4 is 0 Å². The van der Waals surface area contributed by atoms with E-state index in [4.69, 9.17) is 37.0 Å². The molecule has 3 unspecified atom stereocenters. The van der Waals surface area contributed by atoms with Gasteiger partial charge in [-0.1, -0.05) is 381 Å². The molecule has 0 radical (unpaired) electrons. The molecule has 6 atom stereocenters. The second-order valence-corrected chi connectivity index (χ2v) is 32.3. The van der Waals surface area contributed by atoms with Crippen molar-refractivity contribution < 1.29 is 80.2 Å². The number of carbonyl (C=O) groups excluding carboxylic acids is 4. The Hall–Kier alpha value is -1.94. The number of rotatable bonds is 81. The van der Waals surface area contributed by atoms with Crippen LogP contribution >= 0.6 is 15.6 Å². The summed E-state index contributed by atoms with van der Waals surface area (Å²) in [5.41, 5.74) is 0. The second-order valence-electron chi connectivity index (χ2n) is 29.4. The topological polar surface area (TPSA) is 237 Å². The molecule has 0 aliphatic carbocycles. The largest absolute Gasteiger partial charge is 0.472 e. The summed E-state index contributed by atoms with van der Waals surface area (Å²) in [5, 5.41) is 10.6. The van der Waals surface area contributed by atoms with E-state index in [1.54, 1.807) is 0 Å². The molecule has 0 bridgehead atoms. The standard InChI is InChI=1S/C81H158O17P2/c1-6-10-13-16-19-21-23-25-27-29-30-31-32-33-35-37-39-41-46-51-56-61-66-80(85)98-77(71-92-79(84)65-60-55-50-45-40-38-36-34-28-26-24-22-20-17-14-11-7-2)73-96-100(89,90)94-69-75(82)68-93-99(87,88)95-72-76(70-91-78(83)64-59-54-48-18-15-12-8-3)97-81(86)67-62-57-52-47-43-42-44-49-53-58-63-74(5)9-4/h74-77,82H,6-73H2,1-5H3,(H,87,88)(H,89,90)/t74?,75-,76+,77+/m0/s1. The molecular weight excluding hydrogens is 1310 g/mol. The van der Waals surface area contributed by atoms with Gasteiger partial charge < -0.3 is 33.8 Å². The van der Waals surface area contributed by atoms with Crippen molar-refractivity contribution in [2.45, 2.75) is 451 Å². The lowest BCUT2D eigenvalue weighted by Crippen LogP contribution is -2.30. The zero-order valence-electron chi connectivity index (χ0n) is 65.3. The maximum atomic E-state index is 13.1. The smallest absolute Gasteiger partial charge is 0.462 e. The maximum Gasteiger partial charge on any atom is 0.472 e. The molecule has 0 aromatic heterocycles. The highest BCUT2D eigenvalue weighted by Crippen LogP contribution is 2.45. The van der Waals surface area contributed by atoms with Gasteiger partial charge >= 0.3 is 39.5 Å². The number of hydrogen-bond acceptors (Lipinski definition) is 15. The van der Waals surface area contributed by atoms with Gasteiger partial charge in [0.05, 0.1) is 26.4 Å². The summed E-state index contributed by atoms with van der Waals surface area (Å²) in [6.07, 6.45) is 65.5. The number of esters is 4. The van der Waals surface area contributed by atoms with E-state index in [1.807, 2.05) is 0 Å². The van der Waals surface area contributed by atoms with Crippen molar-refractivity contribution in [2.75, 3.05) is 39.6 Å². The summed E-state index contributed by atoms with van der Waals surface area (Å²) in [5.74, 6) is -1.31. The highest BCUT2D eigenvalue weighted by molar-refractivity contribution is 7.47. The third kappa shape index (κ3) is 73.0. The van der Waals surface area contributed by atoms with Crippen molar-refractivity contribution in [2.24, 2.45) is 5.92 Å². The minimum Gasteiger partial charge on any atom is -0.462 e. The van der Waals surface area contributed by atoms with Crippen LogP contribution in [0.1, 0.15) is 433 Å². The molecule has 0 rings (SSSR count). The molecule has 0 aromatic rings. The van der Waals surface area contributed by atoms with E-state index in [1.165, 1.54) is 244 Å². The number of carbonyl (C=O) groups is 4. The van der Waals surface area contributed by atoms with Crippen LogP contribution in [0.25, 0.3) is 0 Å². The minimum atomic E-state index is -4.96. The Balaban J connectivity index is 5.16. The third-order valence-corrected chi connectivity index (χ3v) is 21.3. The van der Waals surface area contributed by atoms with Gasteiger partial charge in [-0.25, -0.2) is 9.13 Å². The van der Waals surface area contributed by atoms with Crippen LogP contribution in [-0.4, -0.2) is 96.7 Å². The Bertz CT molecular complexity index is 1910. The SMILES string of the molecule is CCCCCCCCCCCCCCCCCCCCCCCCC(=O)O[C@H](COC(=O)CCCCCCCCCCCCCCCCCCC)COP(=O)(O)OC[C@@H](O)COP(=O)(O)OC[C@@H](COC(=O)CCCCCCCCC)OC(=O)CCCCCCCCCCCCC(C)CC. The normalized spacial score (nSPS) is 14.1. The van der Waals surface area contributed by atoms with Gasteiger partial charge in [0.2, 0.25) is 0 Å². The van der Waals surface area contributed by atoms with Gasteiger partial charge in [0, 0.05) is 25.7 Å². The molecule has 17 nitrogen and oxygen atoms in total. The van der Waals surface area contributed by atoms with Crippen molar-refractivity contribution in [1.82, 2.24) is 0 Å². The van der Waals surface area contributed by atoms with E-state index in [0.29, 0.717) is 25.7 Å². The van der Waals surface area contributed by atoms with E-state index < -0.39 is 97.5 Å². The maximum absolute atomic E-state index is 13.1. The zero-order chi connectivity index (χ0) is 73.4. The fourth-order valence-electron chi connectivity index (χ4n) is 12.6.